The SMILES string of the molecule is COc1ccccc1C(=O)NCC(=O)NCCc1c(C)cc(C(C)(C)C)cc1C. The molecule has 0 saturated heterocycles. The third kappa shape index (κ3) is 6.08. The predicted octanol–water partition coefficient (Wildman–Crippen LogP) is 3.70. The van der Waals surface area contributed by atoms with Crippen LogP contribution in [0.2, 0.25) is 0 Å². The van der Waals surface area contributed by atoms with Crippen LogP contribution in [0.25, 0.3) is 0 Å². The molecule has 0 aliphatic rings. The van der Waals surface area contributed by atoms with Gasteiger partial charge in [-0.25, -0.2) is 0 Å². The van der Waals surface area contributed by atoms with Crippen LogP contribution in [0.3, 0.4) is 0 Å². The summed E-state index contributed by atoms with van der Waals surface area (Å²) in [6.45, 7) is 11.3. The summed E-state index contributed by atoms with van der Waals surface area (Å²) in [6.07, 6.45) is 0.758. The second-order valence-corrected chi connectivity index (χ2v) is 8.32. The van der Waals surface area contributed by atoms with Crippen molar-refractivity contribution in [2.24, 2.45) is 0 Å². The van der Waals surface area contributed by atoms with Gasteiger partial charge in [0.1, 0.15) is 5.75 Å². The van der Waals surface area contributed by atoms with Crippen LogP contribution < -0.4 is 15.4 Å². The van der Waals surface area contributed by atoms with Gasteiger partial charge in [-0.3, -0.25) is 9.59 Å². The number of ether oxygens (including phenoxy) is 1. The second kappa shape index (κ2) is 9.59. The Bertz CT molecular complexity index is 859. The minimum Gasteiger partial charge on any atom is -0.496 e. The van der Waals surface area contributed by atoms with Crippen molar-refractivity contribution in [3.63, 3.8) is 0 Å². The third-order valence-corrected chi connectivity index (χ3v) is 5.02. The number of amides is 2. The molecule has 0 atom stereocenters. The van der Waals surface area contributed by atoms with E-state index >= 15 is 0 Å². The zero-order valence-electron chi connectivity index (χ0n) is 18.3. The quantitative estimate of drug-likeness (QED) is 0.750. The van der Waals surface area contributed by atoms with E-state index in [-0.39, 0.29) is 23.8 Å². The van der Waals surface area contributed by atoms with Crippen molar-refractivity contribution in [3.8, 4) is 5.75 Å². The van der Waals surface area contributed by atoms with Gasteiger partial charge >= 0.3 is 0 Å². The standard InChI is InChI=1S/C24H32N2O3/c1-16-13-18(24(3,4)5)14-17(2)19(16)11-12-25-22(27)15-26-23(28)20-9-7-8-10-21(20)29-6/h7-10,13-14H,11-12,15H2,1-6H3,(H,25,27)(H,26,28). The molecular weight excluding hydrogens is 364 g/mol. The average Bonchev–Trinajstić information content (AvgIpc) is 2.67. The average molecular weight is 397 g/mol. The molecule has 2 aromatic rings. The first-order valence-corrected chi connectivity index (χ1v) is 9.92. The van der Waals surface area contributed by atoms with Crippen LogP contribution in [0, 0.1) is 13.8 Å². The van der Waals surface area contributed by atoms with Gasteiger partial charge in [-0.05, 0) is 60.1 Å². The van der Waals surface area contributed by atoms with Gasteiger partial charge in [-0.15, -0.1) is 0 Å². The Labute approximate surface area is 173 Å². The summed E-state index contributed by atoms with van der Waals surface area (Å²) >= 11 is 0. The van der Waals surface area contributed by atoms with Crippen LogP contribution in [0.5, 0.6) is 5.75 Å². The van der Waals surface area contributed by atoms with Crippen LogP contribution in [0.1, 0.15) is 53.4 Å². The highest BCUT2D eigenvalue weighted by molar-refractivity contribution is 5.98. The highest BCUT2D eigenvalue weighted by Crippen LogP contribution is 2.27. The van der Waals surface area contributed by atoms with Gasteiger partial charge in [0, 0.05) is 6.54 Å². The molecule has 2 amide bonds. The van der Waals surface area contributed by atoms with Gasteiger partial charge in [-0.1, -0.05) is 45.0 Å². The first-order chi connectivity index (χ1) is 13.6. The Morgan fingerprint density at radius 3 is 2.21 bits per heavy atom. The molecule has 0 aliphatic carbocycles. The highest BCUT2D eigenvalue weighted by atomic mass is 16.5. The maximum absolute atomic E-state index is 12.3. The first kappa shape index (κ1) is 22.5. The summed E-state index contributed by atoms with van der Waals surface area (Å²) in [4.78, 5) is 24.4. The van der Waals surface area contributed by atoms with E-state index in [1.54, 1.807) is 24.3 Å². The molecule has 156 valence electrons. The molecule has 0 bridgehead atoms. The second-order valence-electron chi connectivity index (χ2n) is 8.32. The topological polar surface area (TPSA) is 67.4 Å². The van der Waals surface area contributed by atoms with Gasteiger partial charge in [0.05, 0.1) is 19.2 Å². The number of carbonyl (C=O) groups excluding carboxylic acids is 2. The van der Waals surface area contributed by atoms with E-state index < -0.39 is 0 Å². The fraction of sp³-hybridized carbons (Fsp3) is 0.417. The van der Waals surface area contributed by atoms with E-state index in [1.165, 1.54) is 29.4 Å². The fourth-order valence-corrected chi connectivity index (χ4v) is 3.30. The number of methoxy groups -OCH3 is 1. The highest BCUT2D eigenvalue weighted by Gasteiger charge is 2.16. The molecule has 5 heteroatoms. The molecule has 5 nitrogen and oxygen atoms in total. The Balaban J connectivity index is 1.87. The van der Waals surface area contributed by atoms with E-state index in [2.05, 4.69) is 57.4 Å². The lowest BCUT2D eigenvalue weighted by molar-refractivity contribution is -0.120. The first-order valence-electron chi connectivity index (χ1n) is 9.92. The third-order valence-electron chi connectivity index (χ3n) is 5.02. The zero-order valence-corrected chi connectivity index (χ0v) is 18.3. The molecule has 2 N–H and O–H groups in total. The van der Waals surface area contributed by atoms with Crippen LogP contribution >= 0.6 is 0 Å². The number of nitrogens with one attached hydrogen (secondary N) is 2. The van der Waals surface area contributed by atoms with Crippen molar-refractivity contribution in [2.45, 2.75) is 46.5 Å². The molecule has 0 radical (unpaired) electrons. The van der Waals surface area contributed by atoms with E-state index in [4.69, 9.17) is 4.74 Å². The van der Waals surface area contributed by atoms with Crippen molar-refractivity contribution in [1.82, 2.24) is 10.6 Å². The molecule has 2 aromatic carbocycles. The maximum Gasteiger partial charge on any atom is 0.255 e. The summed E-state index contributed by atoms with van der Waals surface area (Å²) in [5, 5.41) is 5.52. The van der Waals surface area contributed by atoms with E-state index in [0.717, 1.165) is 6.42 Å². The Morgan fingerprint density at radius 2 is 1.62 bits per heavy atom. The maximum atomic E-state index is 12.3. The summed E-state index contributed by atoms with van der Waals surface area (Å²) in [7, 11) is 1.51. The molecule has 0 fully saturated rings. The normalized spacial score (nSPS) is 11.1. The number of para-hydroxylation sites is 1. The number of hydrogen-bond donors (Lipinski definition) is 2. The van der Waals surface area contributed by atoms with Gasteiger partial charge in [0.2, 0.25) is 5.91 Å². The number of hydrogen-bond acceptors (Lipinski definition) is 3. The molecule has 0 aliphatic heterocycles. The Morgan fingerprint density at radius 1 is 1.00 bits per heavy atom. The lowest BCUT2D eigenvalue weighted by atomic mass is 9.83. The van der Waals surface area contributed by atoms with Crippen molar-refractivity contribution < 1.29 is 14.3 Å². The lowest BCUT2D eigenvalue weighted by Gasteiger charge is -2.22. The number of aryl methyl sites for hydroxylation is 2. The Kier molecular flexibility index (Phi) is 7.43. The van der Waals surface area contributed by atoms with Crippen molar-refractivity contribution in [1.29, 1.82) is 0 Å². The van der Waals surface area contributed by atoms with Gasteiger partial charge < -0.3 is 15.4 Å². The molecule has 0 saturated carbocycles. The number of rotatable bonds is 7. The summed E-state index contributed by atoms with van der Waals surface area (Å²) in [5.41, 5.74) is 5.59. The summed E-state index contributed by atoms with van der Waals surface area (Å²) in [5.74, 6) is -0.0630. The molecule has 2 rings (SSSR count). The van der Waals surface area contributed by atoms with Crippen LogP contribution in [0.15, 0.2) is 36.4 Å². The van der Waals surface area contributed by atoms with Crippen LogP contribution in [-0.4, -0.2) is 32.0 Å². The smallest absolute Gasteiger partial charge is 0.255 e. The van der Waals surface area contributed by atoms with Crippen molar-refractivity contribution in [2.75, 3.05) is 20.2 Å². The van der Waals surface area contributed by atoms with Crippen LogP contribution in [0.4, 0.5) is 0 Å². The van der Waals surface area contributed by atoms with Gasteiger partial charge in [0.15, 0.2) is 0 Å². The van der Waals surface area contributed by atoms with E-state index in [0.29, 0.717) is 17.9 Å². The molecule has 0 spiro atoms. The number of carbonyl (C=O) groups is 2. The minimum atomic E-state index is -0.331. The van der Waals surface area contributed by atoms with E-state index in [1.807, 2.05) is 0 Å². The van der Waals surface area contributed by atoms with Crippen molar-refractivity contribution >= 4 is 11.8 Å². The van der Waals surface area contributed by atoms with Gasteiger partial charge in [-0.2, -0.15) is 0 Å². The molecule has 0 unspecified atom stereocenters. The van der Waals surface area contributed by atoms with Crippen LogP contribution in [-0.2, 0) is 16.6 Å². The lowest BCUT2D eigenvalue weighted by Crippen LogP contribution is -2.37. The van der Waals surface area contributed by atoms with E-state index in [9.17, 15) is 9.59 Å². The van der Waals surface area contributed by atoms with Gasteiger partial charge in [0.25, 0.3) is 5.91 Å². The zero-order chi connectivity index (χ0) is 21.6. The fourth-order valence-electron chi connectivity index (χ4n) is 3.30. The molecule has 0 heterocycles. The minimum absolute atomic E-state index is 0.0716. The summed E-state index contributed by atoms with van der Waals surface area (Å²) < 4.78 is 5.18. The molecular formula is C24H32N2O3. The largest absolute Gasteiger partial charge is 0.496 e. The predicted molar refractivity (Wildman–Crippen MR) is 117 cm³/mol. The Hall–Kier alpha value is -2.82. The van der Waals surface area contributed by atoms with Crippen molar-refractivity contribution in [3.05, 3.63) is 64.2 Å². The number of benzene rings is 2. The molecule has 29 heavy (non-hydrogen) atoms. The monoisotopic (exact) mass is 396 g/mol. The molecule has 0 aromatic heterocycles. The summed E-state index contributed by atoms with van der Waals surface area (Å²) in [6, 6.07) is 11.4.